The number of carbonyl (C=O) groups is 1. The van der Waals surface area contributed by atoms with Crippen molar-refractivity contribution in [3.05, 3.63) is 12.0 Å². The SMILES string of the molecule is C/C=C(\OC)OC(C)=O. The third kappa shape index (κ3) is 3.58. The first-order valence-corrected chi connectivity index (χ1v) is 2.59. The van der Waals surface area contributed by atoms with Crippen molar-refractivity contribution in [2.24, 2.45) is 0 Å². The van der Waals surface area contributed by atoms with Crippen molar-refractivity contribution in [2.45, 2.75) is 13.8 Å². The summed E-state index contributed by atoms with van der Waals surface area (Å²) in [6.45, 7) is 3.05. The lowest BCUT2D eigenvalue weighted by molar-refractivity contribution is -0.141. The van der Waals surface area contributed by atoms with Crippen LogP contribution in [0.5, 0.6) is 0 Å². The number of ether oxygens (including phenoxy) is 2. The molecule has 0 aromatic carbocycles. The maximum atomic E-state index is 10.2. The van der Waals surface area contributed by atoms with E-state index in [1.807, 2.05) is 0 Å². The molecule has 0 saturated heterocycles. The van der Waals surface area contributed by atoms with Gasteiger partial charge in [-0.05, 0) is 13.0 Å². The normalized spacial score (nSPS) is 10.8. The Morgan fingerprint density at radius 1 is 1.56 bits per heavy atom. The van der Waals surface area contributed by atoms with E-state index in [4.69, 9.17) is 0 Å². The van der Waals surface area contributed by atoms with Gasteiger partial charge in [-0.25, -0.2) is 0 Å². The molecule has 0 spiro atoms. The van der Waals surface area contributed by atoms with E-state index in [-0.39, 0.29) is 11.9 Å². The molecule has 0 bridgehead atoms. The molecular weight excluding hydrogens is 120 g/mol. The summed E-state index contributed by atoms with van der Waals surface area (Å²) in [4.78, 5) is 10.2. The second-order valence-electron chi connectivity index (χ2n) is 1.41. The molecule has 0 aliphatic carbocycles. The van der Waals surface area contributed by atoms with Gasteiger partial charge in [-0.1, -0.05) is 0 Å². The van der Waals surface area contributed by atoms with Gasteiger partial charge in [0, 0.05) is 6.92 Å². The smallest absolute Gasteiger partial charge is 0.310 e. The number of hydrogen-bond acceptors (Lipinski definition) is 3. The van der Waals surface area contributed by atoms with Crippen LogP contribution in [0.1, 0.15) is 13.8 Å². The van der Waals surface area contributed by atoms with Gasteiger partial charge in [0.05, 0.1) is 7.11 Å². The van der Waals surface area contributed by atoms with Crippen LogP contribution in [0.3, 0.4) is 0 Å². The Balaban J connectivity index is 3.71. The zero-order valence-corrected chi connectivity index (χ0v) is 5.80. The van der Waals surface area contributed by atoms with E-state index in [9.17, 15) is 4.79 Å². The van der Waals surface area contributed by atoms with Crippen LogP contribution in [-0.4, -0.2) is 13.1 Å². The van der Waals surface area contributed by atoms with Gasteiger partial charge in [0.1, 0.15) is 0 Å². The van der Waals surface area contributed by atoms with Crippen molar-refractivity contribution >= 4 is 5.97 Å². The van der Waals surface area contributed by atoms with Gasteiger partial charge >= 0.3 is 5.97 Å². The van der Waals surface area contributed by atoms with E-state index in [2.05, 4.69) is 9.47 Å². The minimum Gasteiger partial charge on any atom is -0.469 e. The lowest BCUT2D eigenvalue weighted by atomic mass is 10.7. The minimum absolute atomic E-state index is 0.238. The summed E-state index contributed by atoms with van der Waals surface area (Å²) < 4.78 is 9.18. The Morgan fingerprint density at radius 2 is 2.11 bits per heavy atom. The Morgan fingerprint density at radius 3 is 2.22 bits per heavy atom. The molecule has 0 unspecified atom stereocenters. The summed E-state index contributed by atoms with van der Waals surface area (Å²) in [5, 5.41) is 0. The summed E-state index contributed by atoms with van der Waals surface area (Å²) >= 11 is 0. The Labute approximate surface area is 54.3 Å². The van der Waals surface area contributed by atoms with Crippen LogP contribution in [0, 0.1) is 0 Å². The van der Waals surface area contributed by atoms with Crippen LogP contribution in [0.25, 0.3) is 0 Å². The highest BCUT2D eigenvalue weighted by Gasteiger charge is 1.96. The molecule has 0 aliphatic rings. The third-order valence-electron chi connectivity index (χ3n) is 0.681. The lowest BCUT2D eigenvalue weighted by Gasteiger charge is -2.01. The molecule has 3 heteroatoms. The number of esters is 1. The quantitative estimate of drug-likeness (QED) is 0.414. The predicted octanol–water partition coefficient (Wildman–Crippen LogP) is 1.06. The summed E-state index contributed by atoms with van der Waals surface area (Å²) in [5.74, 6) is -0.132. The van der Waals surface area contributed by atoms with E-state index >= 15 is 0 Å². The highest BCUT2D eigenvalue weighted by Crippen LogP contribution is 1.96. The summed E-state index contributed by atoms with van der Waals surface area (Å²) in [5.41, 5.74) is 0. The second kappa shape index (κ2) is 3.95. The number of hydrogen-bond donors (Lipinski definition) is 0. The number of carbonyl (C=O) groups excluding carboxylic acids is 1. The minimum atomic E-state index is -0.370. The van der Waals surface area contributed by atoms with Crippen LogP contribution >= 0.6 is 0 Å². The first kappa shape index (κ1) is 8.01. The molecular formula is C6H10O3. The molecule has 0 aromatic rings. The second-order valence-corrected chi connectivity index (χ2v) is 1.41. The number of rotatable bonds is 2. The standard InChI is InChI=1S/C6H10O3/c1-4-6(8-3)9-5(2)7/h4H,1-3H3/b6-4+. The molecule has 0 aliphatic heterocycles. The van der Waals surface area contributed by atoms with Crippen LogP contribution in [0.4, 0.5) is 0 Å². The van der Waals surface area contributed by atoms with Crippen LogP contribution in [-0.2, 0) is 14.3 Å². The largest absolute Gasteiger partial charge is 0.469 e. The van der Waals surface area contributed by atoms with Crippen molar-refractivity contribution in [1.82, 2.24) is 0 Å². The molecule has 0 radical (unpaired) electrons. The number of allylic oxidation sites excluding steroid dienone is 1. The van der Waals surface area contributed by atoms with Crippen LogP contribution in [0.15, 0.2) is 12.0 Å². The van der Waals surface area contributed by atoms with Gasteiger partial charge in [-0.2, -0.15) is 0 Å². The fourth-order valence-electron chi connectivity index (χ4n) is 0.360. The molecule has 0 N–H and O–H groups in total. The molecule has 0 aromatic heterocycles. The van der Waals surface area contributed by atoms with Gasteiger partial charge in [-0.15, -0.1) is 0 Å². The van der Waals surface area contributed by atoms with Crippen molar-refractivity contribution in [2.75, 3.05) is 7.11 Å². The van der Waals surface area contributed by atoms with E-state index < -0.39 is 0 Å². The lowest BCUT2D eigenvalue weighted by Crippen LogP contribution is -1.99. The zero-order chi connectivity index (χ0) is 7.28. The Bertz CT molecular complexity index is 126. The average Bonchev–Trinajstić information content (AvgIpc) is 1.82. The molecule has 52 valence electrons. The molecule has 3 nitrogen and oxygen atoms in total. The Kier molecular flexibility index (Phi) is 3.51. The molecule has 0 rings (SSSR count). The van der Waals surface area contributed by atoms with Crippen molar-refractivity contribution in [1.29, 1.82) is 0 Å². The average molecular weight is 130 g/mol. The first-order chi connectivity index (χ1) is 4.20. The molecule has 0 saturated carbocycles. The van der Waals surface area contributed by atoms with Gasteiger partial charge in [0.2, 0.25) is 0 Å². The van der Waals surface area contributed by atoms with E-state index in [0.29, 0.717) is 0 Å². The summed E-state index contributed by atoms with van der Waals surface area (Å²) in [6.07, 6.45) is 1.57. The monoisotopic (exact) mass is 130 g/mol. The third-order valence-corrected chi connectivity index (χ3v) is 0.681. The first-order valence-electron chi connectivity index (χ1n) is 2.59. The highest BCUT2D eigenvalue weighted by molar-refractivity contribution is 5.66. The van der Waals surface area contributed by atoms with Crippen molar-refractivity contribution in [3.63, 3.8) is 0 Å². The molecule has 0 heterocycles. The van der Waals surface area contributed by atoms with Gasteiger partial charge in [-0.3, -0.25) is 4.79 Å². The van der Waals surface area contributed by atoms with E-state index in [1.54, 1.807) is 13.0 Å². The summed E-state index contributed by atoms with van der Waals surface area (Å²) in [7, 11) is 1.44. The molecule has 0 atom stereocenters. The van der Waals surface area contributed by atoms with Crippen LogP contribution in [0.2, 0.25) is 0 Å². The van der Waals surface area contributed by atoms with Gasteiger partial charge in [0.25, 0.3) is 5.95 Å². The predicted molar refractivity (Wildman–Crippen MR) is 32.5 cm³/mol. The van der Waals surface area contributed by atoms with Crippen LogP contribution < -0.4 is 0 Å². The zero-order valence-electron chi connectivity index (χ0n) is 5.80. The Hall–Kier alpha value is -0.990. The molecule has 0 amide bonds. The maximum Gasteiger partial charge on any atom is 0.310 e. The molecule has 0 fully saturated rings. The van der Waals surface area contributed by atoms with Gasteiger partial charge in [0.15, 0.2) is 0 Å². The van der Waals surface area contributed by atoms with Crippen molar-refractivity contribution < 1.29 is 14.3 Å². The summed E-state index contributed by atoms with van der Waals surface area (Å²) in [6, 6.07) is 0. The maximum absolute atomic E-state index is 10.2. The topological polar surface area (TPSA) is 35.5 Å². The van der Waals surface area contributed by atoms with Crippen molar-refractivity contribution in [3.8, 4) is 0 Å². The highest BCUT2D eigenvalue weighted by atomic mass is 16.7. The fraction of sp³-hybridized carbons (Fsp3) is 0.500. The van der Waals surface area contributed by atoms with E-state index in [1.165, 1.54) is 14.0 Å². The van der Waals surface area contributed by atoms with E-state index in [0.717, 1.165) is 0 Å². The fourth-order valence-corrected chi connectivity index (χ4v) is 0.360. The van der Waals surface area contributed by atoms with Gasteiger partial charge < -0.3 is 9.47 Å². The molecule has 9 heavy (non-hydrogen) atoms. The number of methoxy groups -OCH3 is 1.